The topological polar surface area (TPSA) is 26.0 Å². The molecular formula is C14H29N. The van der Waals surface area contributed by atoms with Crippen molar-refractivity contribution >= 4 is 0 Å². The van der Waals surface area contributed by atoms with Gasteiger partial charge in [-0.05, 0) is 43.4 Å². The predicted octanol–water partition coefficient (Wildman–Crippen LogP) is 3.97. The molecule has 0 radical (unpaired) electrons. The maximum absolute atomic E-state index is 6.60. The van der Waals surface area contributed by atoms with Crippen molar-refractivity contribution in [3.8, 4) is 0 Å². The van der Waals surface area contributed by atoms with Crippen LogP contribution in [0.25, 0.3) is 0 Å². The molecule has 1 rings (SSSR count). The van der Waals surface area contributed by atoms with Crippen LogP contribution in [0.2, 0.25) is 0 Å². The molecule has 0 amide bonds. The summed E-state index contributed by atoms with van der Waals surface area (Å²) < 4.78 is 0. The van der Waals surface area contributed by atoms with Gasteiger partial charge in [0.05, 0.1) is 0 Å². The summed E-state index contributed by atoms with van der Waals surface area (Å²) in [6.07, 6.45) is 7.76. The summed E-state index contributed by atoms with van der Waals surface area (Å²) in [4.78, 5) is 0. The summed E-state index contributed by atoms with van der Waals surface area (Å²) in [5.74, 6) is 2.40. The number of nitrogens with two attached hydrogens (primary N) is 1. The molecule has 1 aliphatic carbocycles. The van der Waals surface area contributed by atoms with E-state index in [9.17, 15) is 0 Å². The summed E-state index contributed by atoms with van der Waals surface area (Å²) in [5.41, 5.74) is 6.74. The van der Waals surface area contributed by atoms with Crippen molar-refractivity contribution in [2.45, 2.75) is 71.8 Å². The summed E-state index contributed by atoms with van der Waals surface area (Å²) in [5, 5.41) is 0. The molecule has 4 atom stereocenters. The minimum Gasteiger partial charge on any atom is -0.325 e. The molecule has 0 aliphatic heterocycles. The van der Waals surface area contributed by atoms with Crippen LogP contribution in [0.15, 0.2) is 0 Å². The van der Waals surface area contributed by atoms with Crippen LogP contribution in [0, 0.1) is 17.8 Å². The fraction of sp³-hybridized carbons (Fsp3) is 1.00. The highest BCUT2D eigenvalue weighted by Gasteiger charge is 2.37. The maximum Gasteiger partial charge on any atom is 0.0182 e. The van der Waals surface area contributed by atoms with Crippen molar-refractivity contribution in [3.05, 3.63) is 0 Å². The largest absolute Gasteiger partial charge is 0.325 e. The third-order valence-corrected chi connectivity index (χ3v) is 4.35. The van der Waals surface area contributed by atoms with E-state index in [4.69, 9.17) is 5.73 Å². The third-order valence-electron chi connectivity index (χ3n) is 4.35. The first-order valence-electron chi connectivity index (χ1n) is 6.76. The summed E-state index contributed by atoms with van der Waals surface area (Å²) in [7, 11) is 0. The fourth-order valence-electron chi connectivity index (χ4n) is 3.26. The molecule has 0 aromatic carbocycles. The van der Waals surface area contributed by atoms with E-state index in [1.165, 1.54) is 38.5 Å². The lowest BCUT2D eigenvalue weighted by Crippen LogP contribution is -2.50. The number of hydrogen-bond acceptors (Lipinski definition) is 1. The Morgan fingerprint density at radius 2 is 2.07 bits per heavy atom. The first kappa shape index (κ1) is 13.0. The van der Waals surface area contributed by atoms with Crippen molar-refractivity contribution in [3.63, 3.8) is 0 Å². The fourth-order valence-corrected chi connectivity index (χ4v) is 3.26. The van der Waals surface area contributed by atoms with E-state index >= 15 is 0 Å². The molecule has 0 bridgehead atoms. The monoisotopic (exact) mass is 211 g/mol. The van der Waals surface area contributed by atoms with Crippen molar-refractivity contribution in [1.29, 1.82) is 0 Å². The second-order valence-electron chi connectivity index (χ2n) is 6.11. The zero-order chi connectivity index (χ0) is 11.5. The van der Waals surface area contributed by atoms with Crippen LogP contribution < -0.4 is 5.73 Å². The lowest BCUT2D eigenvalue weighted by atomic mass is 9.67. The quantitative estimate of drug-likeness (QED) is 0.748. The lowest BCUT2D eigenvalue weighted by Gasteiger charge is -2.43. The van der Waals surface area contributed by atoms with Crippen LogP contribution in [0.1, 0.15) is 66.2 Å². The highest BCUT2D eigenvalue weighted by molar-refractivity contribution is 4.94. The molecule has 2 N–H and O–H groups in total. The Hall–Kier alpha value is -0.0400. The number of hydrogen-bond donors (Lipinski definition) is 1. The van der Waals surface area contributed by atoms with Gasteiger partial charge in [0.15, 0.2) is 0 Å². The third kappa shape index (κ3) is 3.48. The van der Waals surface area contributed by atoms with Crippen LogP contribution in [0.4, 0.5) is 0 Å². The molecule has 1 aliphatic rings. The van der Waals surface area contributed by atoms with Crippen LogP contribution in [-0.4, -0.2) is 5.54 Å². The predicted molar refractivity (Wildman–Crippen MR) is 67.8 cm³/mol. The Morgan fingerprint density at radius 3 is 2.60 bits per heavy atom. The van der Waals surface area contributed by atoms with E-state index in [-0.39, 0.29) is 5.54 Å². The molecule has 1 fully saturated rings. The maximum atomic E-state index is 6.60. The van der Waals surface area contributed by atoms with Gasteiger partial charge in [-0.3, -0.25) is 0 Å². The van der Waals surface area contributed by atoms with Crippen molar-refractivity contribution in [2.24, 2.45) is 23.5 Å². The first-order valence-corrected chi connectivity index (χ1v) is 6.76. The molecule has 90 valence electrons. The van der Waals surface area contributed by atoms with Gasteiger partial charge in [-0.25, -0.2) is 0 Å². The van der Waals surface area contributed by atoms with Crippen LogP contribution in [0.3, 0.4) is 0 Å². The van der Waals surface area contributed by atoms with Crippen LogP contribution in [-0.2, 0) is 0 Å². The standard InChI is InChI=1S/C14H29N/c1-5-6-12(3)10-14(15)8-7-11(2)9-13(14)4/h11-13H,5-10,15H2,1-4H3. The van der Waals surface area contributed by atoms with Crippen molar-refractivity contribution < 1.29 is 0 Å². The lowest BCUT2D eigenvalue weighted by molar-refractivity contribution is 0.134. The van der Waals surface area contributed by atoms with Crippen molar-refractivity contribution in [2.75, 3.05) is 0 Å². The zero-order valence-corrected chi connectivity index (χ0v) is 11.1. The van der Waals surface area contributed by atoms with Gasteiger partial charge in [-0.15, -0.1) is 0 Å². The van der Waals surface area contributed by atoms with Crippen molar-refractivity contribution in [1.82, 2.24) is 0 Å². The molecule has 1 saturated carbocycles. The minimum atomic E-state index is 0.140. The molecule has 1 nitrogen and oxygen atoms in total. The average molecular weight is 211 g/mol. The molecule has 15 heavy (non-hydrogen) atoms. The molecular weight excluding hydrogens is 182 g/mol. The molecule has 1 heteroatoms. The van der Waals surface area contributed by atoms with Gasteiger partial charge >= 0.3 is 0 Å². The van der Waals surface area contributed by atoms with Gasteiger partial charge in [-0.2, -0.15) is 0 Å². The van der Waals surface area contributed by atoms with Crippen LogP contribution >= 0.6 is 0 Å². The van der Waals surface area contributed by atoms with E-state index in [1.54, 1.807) is 0 Å². The molecule has 0 saturated heterocycles. The molecule has 0 heterocycles. The summed E-state index contributed by atoms with van der Waals surface area (Å²) >= 11 is 0. The summed E-state index contributed by atoms with van der Waals surface area (Å²) in [6.45, 7) is 9.36. The average Bonchev–Trinajstić information content (AvgIpc) is 2.13. The second kappa shape index (κ2) is 5.34. The van der Waals surface area contributed by atoms with E-state index in [2.05, 4.69) is 27.7 Å². The van der Waals surface area contributed by atoms with Gasteiger partial charge < -0.3 is 5.73 Å². The Morgan fingerprint density at radius 1 is 1.40 bits per heavy atom. The minimum absolute atomic E-state index is 0.140. The van der Waals surface area contributed by atoms with E-state index < -0.39 is 0 Å². The second-order valence-corrected chi connectivity index (χ2v) is 6.11. The first-order chi connectivity index (χ1) is 6.98. The SMILES string of the molecule is CCCC(C)CC1(N)CCC(C)CC1C. The summed E-state index contributed by atoms with van der Waals surface area (Å²) in [6, 6.07) is 0. The zero-order valence-electron chi connectivity index (χ0n) is 11.1. The van der Waals surface area contributed by atoms with E-state index in [0.29, 0.717) is 5.92 Å². The van der Waals surface area contributed by atoms with Gasteiger partial charge in [0.1, 0.15) is 0 Å². The van der Waals surface area contributed by atoms with Gasteiger partial charge in [0.25, 0.3) is 0 Å². The Kier molecular flexibility index (Phi) is 4.64. The molecule has 0 aromatic heterocycles. The normalized spacial score (nSPS) is 39.0. The highest BCUT2D eigenvalue weighted by atomic mass is 14.8. The smallest absolute Gasteiger partial charge is 0.0182 e. The van der Waals surface area contributed by atoms with Gasteiger partial charge in [0, 0.05) is 5.54 Å². The molecule has 0 spiro atoms. The van der Waals surface area contributed by atoms with E-state index in [0.717, 1.165) is 11.8 Å². The Balaban J connectivity index is 2.50. The highest BCUT2D eigenvalue weighted by Crippen LogP contribution is 2.39. The molecule has 4 unspecified atom stereocenters. The number of rotatable bonds is 4. The van der Waals surface area contributed by atoms with E-state index in [1.807, 2.05) is 0 Å². The Labute approximate surface area is 95.8 Å². The Bertz CT molecular complexity index is 190. The van der Waals surface area contributed by atoms with Gasteiger partial charge in [0.2, 0.25) is 0 Å². The molecule has 0 aromatic rings. The van der Waals surface area contributed by atoms with Crippen LogP contribution in [0.5, 0.6) is 0 Å². The van der Waals surface area contributed by atoms with Gasteiger partial charge in [-0.1, -0.05) is 40.5 Å².